The molecular formula is C13H23N5O. The van der Waals surface area contributed by atoms with E-state index in [0.717, 1.165) is 38.0 Å². The van der Waals surface area contributed by atoms with E-state index in [4.69, 9.17) is 0 Å². The molecule has 0 unspecified atom stereocenters. The first kappa shape index (κ1) is 14.0. The Balaban J connectivity index is 1.73. The van der Waals surface area contributed by atoms with E-state index in [-0.39, 0.29) is 11.8 Å². The number of hydrogen-bond donors (Lipinski definition) is 2. The molecule has 2 rings (SSSR count). The summed E-state index contributed by atoms with van der Waals surface area (Å²) in [6, 6.07) is 0.519. The number of aromatic amines is 1. The maximum atomic E-state index is 12.1. The molecule has 1 aromatic rings. The first-order valence-corrected chi connectivity index (χ1v) is 7.03. The molecule has 1 aromatic heterocycles. The second kappa shape index (κ2) is 6.65. The molecule has 1 saturated heterocycles. The largest absolute Gasteiger partial charge is 0.355 e. The van der Waals surface area contributed by atoms with Crippen LogP contribution in [0.4, 0.5) is 0 Å². The topological polar surface area (TPSA) is 73.9 Å². The van der Waals surface area contributed by atoms with Crippen molar-refractivity contribution >= 4 is 5.91 Å². The van der Waals surface area contributed by atoms with Crippen LogP contribution in [0.5, 0.6) is 0 Å². The van der Waals surface area contributed by atoms with Crippen molar-refractivity contribution in [1.82, 2.24) is 25.6 Å². The molecule has 0 aliphatic carbocycles. The van der Waals surface area contributed by atoms with E-state index in [1.165, 1.54) is 0 Å². The number of amides is 1. The fourth-order valence-corrected chi connectivity index (χ4v) is 2.49. The molecule has 106 valence electrons. The van der Waals surface area contributed by atoms with Crippen LogP contribution in [0, 0.1) is 5.92 Å². The maximum absolute atomic E-state index is 12.1. The number of aromatic nitrogens is 3. The van der Waals surface area contributed by atoms with Crippen LogP contribution in [0.2, 0.25) is 0 Å². The van der Waals surface area contributed by atoms with Crippen LogP contribution in [0.25, 0.3) is 0 Å². The van der Waals surface area contributed by atoms with E-state index in [1.54, 1.807) is 6.20 Å². The molecule has 0 radical (unpaired) electrons. The average molecular weight is 265 g/mol. The third-order valence-electron chi connectivity index (χ3n) is 3.70. The molecule has 0 aromatic carbocycles. The third kappa shape index (κ3) is 4.02. The van der Waals surface area contributed by atoms with Crippen molar-refractivity contribution in [3.8, 4) is 0 Å². The van der Waals surface area contributed by atoms with Gasteiger partial charge < -0.3 is 10.2 Å². The Bertz CT molecular complexity index is 390. The minimum Gasteiger partial charge on any atom is -0.355 e. The zero-order valence-electron chi connectivity index (χ0n) is 11.7. The standard InChI is InChI=1S/C13H23N5O/c1-10(2)18-7-3-4-11(9-18)13(19)14-6-5-12-8-15-17-16-12/h8,10-11H,3-7,9H2,1-2H3,(H,14,19)(H,15,16,17)/t11-/m1/s1. The van der Waals surface area contributed by atoms with Gasteiger partial charge in [-0.2, -0.15) is 15.4 Å². The first-order valence-electron chi connectivity index (χ1n) is 7.03. The summed E-state index contributed by atoms with van der Waals surface area (Å²) in [5.41, 5.74) is 0.882. The summed E-state index contributed by atoms with van der Waals surface area (Å²) in [4.78, 5) is 14.5. The summed E-state index contributed by atoms with van der Waals surface area (Å²) in [6.45, 7) is 6.99. The van der Waals surface area contributed by atoms with E-state index in [1.807, 2.05) is 0 Å². The fourth-order valence-electron chi connectivity index (χ4n) is 2.49. The highest BCUT2D eigenvalue weighted by Crippen LogP contribution is 2.18. The van der Waals surface area contributed by atoms with Crippen molar-refractivity contribution in [2.45, 2.75) is 39.2 Å². The van der Waals surface area contributed by atoms with Gasteiger partial charge in [0.25, 0.3) is 0 Å². The van der Waals surface area contributed by atoms with E-state index in [9.17, 15) is 4.79 Å². The fraction of sp³-hybridized carbons (Fsp3) is 0.769. The lowest BCUT2D eigenvalue weighted by molar-refractivity contribution is -0.126. The predicted molar refractivity (Wildman–Crippen MR) is 72.5 cm³/mol. The summed E-state index contributed by atoms with van der Waals surface area (Å²) in [7, 11) is 0. The van der Waals surface area contributed by atoms with Crippen molar-refractivity contribution in [3.05, 3.63) is 11.9 Å². The smallest absolute Gasteiger partial charge is 0.224 e. The number of likely N-dealkylation sites (tertiary alicyclic amines) is 1. The number of rotatable bonds is 5. The number of nitrogens with zero attached hydrogens (tertiary/aromatic N) is 3. The summed E-state index contributed by atoms with van der Waals surface area (Å²) >= 11 is 0. The molecule has 6 heteroatoms. The van der Waals surface area contributed by atoms with E-state index >= 15 is 0 Å². The predicted octanol–water partition coefficient (Wildman–Crippen LogP) is 0.584. The Kier molecular flexibility index (Phi) is 4.90. The van der Waals surface area contributed by atoms with Crippen molar-refractivity contribution < 1.29 is 4.79 Å². The Morgan fingerprint density at radius 3 is 3.16 bits per heavy atom. The molecule has 2 N–H and O–H groups in total. The van der Waals surface area contributed by atoms with Crippen LogP contribution in [0.15, 0.2) is 6.20 Å². The summed E-state index contributed by atoms with van der Waals surface area (Å²) < 4.78 is 0. The van der Waals surface area contributed by atoms with Crippen LogP contribution >= 0.6 is 0 Å². The highest BCUT2D eigenvalue weighted by atomic mass is 16.1. The minimum atomic E-state index is 0.133. The highest BCUT2D eigenvalue weighted by Gasteiger charge is 2.26. The molecule has 6 nitrogen and oxygen atoms in total. The van der Waals surface area contributed by atoms with Gasteiger partial charge in [0.15, 0.2) is 0 Å². The van der Waals surface area contributed by atoms with Gasteiger partial charge in [0, 0.05) is 25.6 Å². The lowest BCUT2D eigenvalue weighted by Crippen LogP contribution is -2.45. The second-order valence-corrected chi connectivity index (χ2v) is 5.43. The zero-order chi connectivity index (χ0) is 13.7. The Hall–Kier alpha value is -1.43. The van der Waals surface area contributed by atoms with Gasteiger partial charge >= 0.3 is 0 Å². The first-order chi connectivity index (χ1) is 9.16. The minimum absolute atomic E-state index is 0.133. The van der Waals surface area contributed by atoms with Gasteiger partial charge in [0.05, 0.1) is 17.8 Å². The van der Waals surface area contributed by atoms with Crippen molar-refractivity contribution in [2.75, 3.05) is 19.6 Å². The molecule has 0 spiro atoms. The van der Waals surface area contributed by atoms with Crippen molar-refractivity contribution in [2.24, 2.45) is 5.92 Å². The molecule has 1 aliphatic rings. The zero-order valence-corrected chi connectivity index (χ0v) is 11.7. The Morgan fingerprint density at radius 2 is 2.47 bits per heavy atom. The number of carbonyl (C=O) groups is 1. The van der Waals surface area contributed by atoms with Crippen LogP contribution in [0.1, 0.15) is 32.4 Å². The normalized spacial score (nSPS) is 20.7. The van der Waals surface area contributed by atoms with Gasteiger partial charge in [-0.3, -0.25) is 4.79 Å². The quantitative estimate of drug-likeness (QED) is 0.817. The number of carbonyl (C=O) groups excluding carboxylic acids is 1. The van der Waals surface area contributed by atoms with Gasteiger partial charge in [-0.25, -0.2) is 0 Å². The van der Waals surface area contributed by atoms with Crippen LogP contribution in [0.3, 0.4) is 0 Å². The van der Waals surface area contributed by atoms with Gasteiger partial charge in [-0.05, 0) is 33.2 Å². The Labute approximate surface area is 113 Å². The second-order valence-electron chi connectivity index (χ2n) is 5.43. The number of piperidine rings is 1. The van der Waals surface area contributed by atoms with Crippen molar-refractivity contribution in [1.29, 1.82) is 0 Å². The maximum Gasteiger partial charge on any atom is 0.224 e. The summed E-state index contributed by atoms with van der Waals surface area (Å²) in [6.07, 6.45) is 4.52. The van der Waals surface area contributed by atoms with Gasteiger partial charge in [0.1, 0.15) is 0 Å². The van der Waals surface area contributed by atoms with Crippen molar-refractivity contribution in [3.63, 3.8) is 0 Å². The highest BCUT2D eigenvalue weighted by molar-refractivity contribution is 5.78. The molecule has 1 atom stereocenters. The molecular weight excluding hydrogens is 242 g/mol. The van der Waals surface area contributed by atoms with E-state index in [0.29, 0.717) is 12.6 Å². The Morgan fingerprint density at radius 1 is 1.63 bits per heavy atom. The van der Waals surface area contributed by atoms with Crippen LogP contribution in [-0.4, -0.2) is 51.9 Å². The van der Waals surface area contributed by atoms with E-state index < -0.39 is 0 Å². The molecule has 1 amide bonds. The van der Waals surface area contributed by atoms with E-state index in [2.05, 4.69) is 39.5 Å². The molecule has 0 bridgehead atoms. The molecule has 1 fully saturated rings. The van der Waals surface area contributed by atoms with Crippen LogP contribution < -0.4 is 5.32 Å². The molecule has 2 heterocycles. The molecule has 0 saturated carbocycles. The SMILES string of the molecule is CC(C)N1CCC[C@@H](C(=O)NCCc2cn[nH]n2)C1. The monoisotopic (exact) mass is 265 g/mol. The third-order valence-corrected chi connectivity index (χ3v) is 3.70. The molecule has 19 heavy (non-hydrogen) atoms. The van der Waals surface area contributed by atoms with Gasteiger partial charge in [-0.1, -0.05) is 0 Å². The van der Waals surface area contributed by atoms with Gasteiger partial charge in [-0.15, -0.1) is 0 Å². The average Bonchev–Trinajstić information content (AvgIpc) is 2.92. The van der Waals surface area contributed by atoms with Crippen LogP contribution in [-0.2, 0) is 11.2 Å². The lowest BCUT2D eigenvalue weighted by Gasteiger charge is -2.34. The number of nitrogens with one attached hydrogen (secondary N) is 2. The summed E-state index contributed by atoms with van der Waals surface area (Å²) in [5, 5.41) is 13.3. The molecule has 1 aliphatic heterocycles. The van der Waals surface area contributed by atoms with Gasteiger partial charge in [0.2, 0.25) is 5.91 Å². The number of hydrogen-bond acceptors (Lipinski definition) is 4. The number of H-pyrrole nitrogens is 1. The lowest BCUT2D eigenvalue weighted by atomic mass is 9.96. The summed E-state index contributed by atoms with van der Waals surface area (Å²) in [5.74, 6) is 0.308.